The number of hydrogen-bond acceptors (Lipinski definition) is 5. The number of aromatic nitrogens is 2. The predicted molar refractivity (Wildman–Crippen MR) is 106 cm³/mol. The van der Waals surface area contributed by atoms with Crippen LogP contribution in [0.3, 0.4) is 0 Å². The zero-order valence-electron chi connectivity index (χ0n) is 15.3. The van der Waals surface area contributed by atoms with Gasteiger partial charge in [-0.2, -0.15) is 0 Å². The molecule has 4 heterocycles. The molecule has 1 aromatic carbocycles. The van der Waals surface area contributed by atoms with Crippen LogP contribution in [0.4, 0.5) is 0 Å². The molecule has 2 aliphatic heterocycles. The summed E-state index contributed by atoms with van der Waals surface area (Å²) in [6.07, 6.45) is 3.78. The fraction of sp³-hybridized carbons (Fsp3) is 0.333. The van der Waals surface area contributed by atoms with Crippen LogP contribution in [0.5, 0.6) is 11.5 Å². The van der Waals surface area contributed by atoms with Crippen LogP contribution < -0.4 is 15.0 Å². The summed E-state index contributed by atoms with van der Waals surface area (Å²) in [6.45, 7) is 2.78. The molecule has 0 radical (unpaired) electrons. The van der Waals surface area contributed by atoms with E-state index in [4.69, 9.17) is 21.1 Å². The van der Waals surface area contributed by atoms with Crippen molar-refractivity contribution in [3.8, 4) is 11.5 Å². The third-order valence-corrected chi connectivity index (χ3v) is 5.58. The van der Waals surface area contributed by atoms with E-state index in [0.717, 1.165) is 36.6 Å². The lowest BCUT2D eigenvalue weighted by Gasteiger charge is -2.26. The van der Waals surface area contributed by atoms with E-state index in [0.29, 0.717) is 30.4 Å². The minimum absolute atomic E-state index is 0.113. The first-order chi connectivity index (χ1) is 13.7. The molecule has 0 amide bonds. The Labute approximate surface area is 167 Å². The third kappa shape index (κ3) is 3.23. The van der Waals surface area contributed by atoms with E-state index >= 15 is 0 Å². The highest BCUT2D eigenvalue weighted by Gasteiger charge is 2.28. The molecule has 0 spiro atoms. The highest BCUT2D eigenvalue weighted by Crippen LogP contribution is 2.38. The van der Waals surface area contributed by atoms with E-state index < -0.39 is 0 Å². The summed E-state index contributed by atoms with van der Waals surface area (Å²) in [5.41, 5.74) is 2.49. The minimum Gasteiger partial charge on any atom is -0.486 e. The molecule has 1 saturated heterocycles. The van der Waals surface area contributed by atoms with Gasteiger partial charge in [-0.3, -0.25) is 14.1 Å². The number of benzene rings is 1. The van der Waals surface area contributed by atoms with Crippen LogP contribution in [0.25, 0.3) is 5.65 Å². The molecule has 3 aromatic rings. The third-order valence-electron chi connectivity index (χ3n) is 5.36. The number of fused-ring (bicyclic) bond motifs is 2. The van der Waals surface area contributed by atoms with Gasteiger partial charge in [0.25, 0.3) is 5.56 Å². The molecule has 1 fully saturated rings. The van der Waals surface area contributed by atoms with Gasteiger partial charge in [-0.1, -0.05) is 17.7 Å². The Morgan fingerprint density at radius 3 is 2.86 bits per heavy atom. The predicted octanol–water partition coefficient (Wildman–Crippen LogP) is 3.46. The number of nitrogens with zero attached hydrogens (tertiary/aromatic N) is 3. The van der Waals surface area contributed by atoms with Crippen LogP contribution in [0, 0.1) is 0 Å². The van der Waals surface area contributed by atoms with Gasteiger partial charge in [0.2, 0.25) is 0 Å². The lowest BCUT2D eigenvalue weighted by Crippen LogP contribution is -2.25. The number of rotatable bonds is 3. The second-order valence-corrected chi connectivity index (χ2v) is 7.63. The lowest BCUT2D eigenvalue weighted by molar-refractivity contribution is 0.170. The van der Waals surface area contributed by atoms with Crippen molar-refractivity contribution in [1.29, 1.82) is 0 Å². The van der Waals surface area contributed by atoms with Gasteiger partial charge in [-0.15, -0.1) is 0 Å². The van der Waals surface area contributed by atoms with Gasteiger partial charge in [-0.25, -0.2) is 4.98 Å². The lowest BCUT2D eigenvalue weighted by atomic mass is 10.0. The summed E-state index contributed by atoms with van der Waals surface area (Å²) >= 11 is 5.99. The molecular weight excluding hydrogens is 378 g/mol. The van der Waals surface area contributed by atoms with Crippen molar-refractivity contribution in [3.63, 3.8) is 0 Å². The number of likely N-dealkylation sites (tertiary alicyclic amines) is 1. The van der Waals surface area contributed by atoms with E-state index in [9.17, 15) is 4.79 Å². The van der Waals surface area contributed by atoms with Crippen molar-refractivity contribution < 1.29 is 9.47 Å². The maximum atomic E-state index is 12.5. The summed E-state index contributed by atoms with van der Waals surface area (Å²) < 4.78 is 12.9. The highest BCUT2D eigenvalue weighted by molar-refractivity contribution is 6.30. The van der Waals surface area contributed by atoms with Gasteiger partial charge in [0.05, 0.1) is 10.7 Å². The van der Waals surface area contributed by atoms with E-state index in [1.807, 2.05) is 6.07 Å². The number of hydrogen-bond donors (Lipinski definition) is 0. The number of pyridine rings is 1. The van der Waals surface area contributed by atoms with Crippen LogP contribution in [-0.2, 0) is 6.54 Å². The van der Waals surface area contributed by atoms with Gasteiger partial charge < -0.3 is 9.47 Å². The first-order valence-corrected chi connectivity index (χ1v) is 9.87. The Morgan fingerprint density at radius 2 is 1.96 bits per heavy atom. The average molecular weight is 398 g/mol. The molecule has 0 bridgehead atoms. The van der Waals surface area contributed by atoms with E-state index in [1.165, 1.54) is 9.96 Å². The summed E-state index contributed by atoms with van der Waals surface area (Å²) in [6, 6.07) is 11.6. The molecule has 2 aliphatic rings. The average Bonchev–Trinajstić information content (AvgIpc) is 3.16. The molecule has 1 atom stereocenters. The molecule has 5 rings (SSSR count). The molecule has 6 nitrogen and oxygen atoms in total. The standard InChI is InChI=1S/C21H20ClN3O3/c22-15-4-6-20-23-16(11-21(26)25(20)12-15)13-24-7-1-2-17(24)14-3-5-18-19(10-14)28-9-8-27-18/h3-6,10-12,17H,1-2,7-9,13H2. The maximum Gasteiger partial charge on any atom is 0.258 e. The summed E-state index contributed by atoms with van der Waals surface area (Å²) in [4.78, 5) is 19.5. The zero-order valence-corrected chi connectivity index (χ0v) is 16.1. The number of halogens is 1. The van der Waals surface area contributed by atoms with Gasteiger partial charge in [-0.05, 0) is 49.2 Å². The first-order valence-electron chi connectivity index (χ1n) is 9.49. The van der Waals surface area contributed by atoms with Crippen molar-refractivity contribution >= 4 is 17.2 Å². The Kier molecular flexibility index (Phi) is 4.45. The van der Waals surface area contributed by atoms with Crippen LogP contribution in [0.15, 0.2) is 47.4 Å². The second kappa shape index (κ2) is 7.11. The van der Waals surface area contributed by atoms with Gasteiger partial charge >= 0.3 is 0 Å². The molecule has 2 aromatic heterocycles. The fourth-order valence-corrected chi connectivity index (χ4v) is 4.24. The van der Waals surface area contributed by atoms with Crippen molar-refractivity contribution in [2.75, 3.05) is 19.8 Å². The monoisotopic (exact) mass is 397 g/mol. The summed E-state index contributed by atoms with van der Waals surface area (Å²) in [7, 11) is 0. The minimum atomic E-state index is -0.113. The van der Waals surface area contributed by atoms with Crippen LogP contribution in [-0.4, -0.2) is 34.0 Å². The second-order valence-electron chi connectivity index (χ2n) is 7.19. The van der Waals surface area contributed by atoms with Gasteiger partial charge in [0.1, 0.15) is 18.9 Å². The van der Waals surface area contributed by atoms with Crippen LogP contribution in [0.2, 0.25) is 5.02 Å². The normalized spacial score (nSPS) is 19.2. The topological polar surface area (TPSA) is 56.1 Å². The highest BCUT2D eigenvalue weighted by atomic mass is 35.5. The Hall–Kier alpha value is -2.57. The quantitative estimate of drug-likeness (QED) is 0.677. The molecule has 7 heteroatoms. The van der Waals surface area contributed by atoms with E-state index in [-0.39, 0.29) is 11.6 Å². The van der Waals surface area contributed by atoms with Crippen molar-refractivity contribution in [2.45, 2.75) is 25.4 Å². The zero-order chi connectivity index (χ0) is 19.1. The van der Waals surface area contributed by atoms with Crippen molar-refractivity contribution in [3.05, 3.63) is 69.2 Å². The van der Waals surface area contributed by atoms with E-state index in [1.54, 1.807) is 24.4 Å². The molecular formula is C21H20ClN3O3. The van der Waals surface area contributed by atoms with Crippen LogP contribution in [0.1, 0.15) is 30.1 Å². The van der Waals surface area contributed by atoms with Crippen molar-refractivity contribution in [1.82, 2.24) is 14.3 Å². The van der Waals surface area contributed by atoms with Gasteiger partial charge in [0, 0.05) is 24.8 Å². The SMILES string of the molecule is O=c1cc(CN2CCCC2c2ccc3c(c2)OCCO3)nc2ccc(Cl)cn12. The molecule has 0 aliphatic carbocycles. The summed E-state index contributed by atoms with van der Waals surface area (Å²) in [5.74, 6) is 1.62. The van der Waals surface area contributed by atoms with Gasteiger partial charge in [0.15, 0.2) is 11.5 Å². The molecule has 0 N–H and O–H groups in total. The first kappa shape index (κ1) is 17.5. The van der Waals surface area contributed by atoms with Crippen LogP contribution >= 0.6 is 11.6 Å². The fourth-order valence-electron chi connectivity index (χ4n) is 4.08. The number of ether oxygens (including phenoxy) is 2. The maximum absolute atomic E-state index is 12.5. The Bertz CT molecular complexity index is 1100. The van der Waals surface area contributed by atoms with E-state index in [2.05, 4.69) is 22.0 Å². The molecule has 1 unspecified atom stereocenters. The summed E-state index contributed by atoms with van der Waals surface area (Å²) in [5, 5.41) is 0.516. The Balaban J connectivity index is 1.42. The molecule has 0 saturated carbocycles. The molecule has 144 valence electrons. The van der Waals surface area contributed by atoms with Crippen molar-refractivity contribution in [2.24, 2.45) is 0 Å². The largest absolute Gasteiger partial charge is 0.486 e. The Morgan fingerprint density at radius 1 is 1.11 bits per heavy atom. The smallest absolute Gasteiger partial charge is 0.258 e. The molecule has 28 heavy (non-hydrogen) atoms.